The Hall–Kier alpha value is -2.81. The van der Waals surface area contributed by atoms with Gasteiger partial charge >= 0.3 is 13.2 Å². The lowest BCUT2D eigenvalue weighted by Crippen LogP contribution is -2.39. The molecule has 1 amide bonds. The molecule has 1 unspecified atom stereocenters. The molecule has 0 aliphatic carbocycles. The molecular weight excluding hydrogens is 380 g/mol. The van der Waals surface area contributed by atoms with Crippen LogP contribution in [0.1, 0.15) is 12.5 Å². The van der Waals surface area contributed by atoms with Gasteiger partial charge in [-0.2, -0.15) is 17.6 Å². The molecule has 152 valence electrons. The highest BCUT2D eigenvalue weighted by molar-refractivity contribution is 5.95. The summed E-state index contributed by atoms with van der Waals surface area (Å²) >= 11 is 0. The predicted octanol–water partition coefficient (Wildman–Crippen LogP) is 4.35. The van der Waals surface area contributed by atoms with Gasteiger partial charge in [-0.15, -0.1) is 0 Å². The van der Waals surface area contributed by atoms with E-state index in [0.717, 1.165) is 5.56 Å². The summed E-state index contributed by atoms with van der Waals surface area (Å²) in [7, 11) is 1.70. The molecule has 2 aromatic rings. The largest absolute Gasteiger partial charge is 0.435 e. The molecule has 28 heavy (non-hydrogen) atoms. The van der Waals surface area contributed by atoms with Crippen molar-refractivity contribution in [2.75, 3.05) is 12.4 Å². The second kappa shape index (κ2) is 9.93. The van der Waals surface area contributed by atoms with Crippen LogP contribution in [0.4, 0.5) is 23.2 Å². The molecule has 2 rings (SSSR count). The Morgan fingerprint density at radius 1 is 1.00 bits per heavy atom. The van der Waals surface area contributed by atoms with Crippen LogP contribution in [-0.4, -0.2) is 37.1 Å². The molecule has 0 saturated heterocycles. The number of alkyl halides is 4. The standard InChI is InChI=1S/C19H20F4N2O3/c1-12(17(26)24-15-5-3-4-6-16(15)28-19(22)23)25(2)11-13-7-9-14(10-8-13)27-18(20)21/h3-10,12,18-19H,11H2,1-2H3,(H,24,26). The lowest BCUT2D eigenvalue weighted by molar-refractivity contribution is -0.120. The number of nitrogens with one attached hydrogen (secondary N) is 1. The van der Waals surface area contributed by atoms with Gasteiger partial charge < -0.3 is 14.8 Å². The first kappa shape index (κ1) is 21.5. The highest BCUT2D eigenvalue weighted by Gasteiger charge is 2.20. The summed E-state index contributed by atoms with van der Waals surface area (Å²) in [5.74, 6) is -0.497. The van der Waals surface area contributed by atoms with Gasteiger partial charge in [0.25, 0.3) is 0 Å². The number of amides is 1. The molecule has 0 aromatic heterocycles. The van der Waals surface area contributed by atoms with E-state index in [1.54, 1.807) is 37.1 Å². The molecule has 1 N–H and O–H groups in total. The third-order valence-electron chi connectivity index (χ3n) is 3.98. The van der Waals surface area contributed by atoms with Crippen LogP contribution < -0.4 is 14.8 Å². The fraction of sp³-hybridized carbons (Fsp3) is 0.316. The fourth-order valence-electron chi connectivity index (χ4n) is 2.41. The Morgan fingerprint density at radius 3 is 2.21 bits per heavy atom. The summed E-state index contributed by atoms with van der Waals surface area (Å²) in [4.78, 5) is 14.2. The van der Waals surface area contributed by atoms with Crippen LogP contribution in [0.15, 0.2) is 48.5 Å². The maximum atomic E-state index is 12.5. The van der Waals surface area contributed by atoms with Gasteiger partial charge in [-0.25, -0.2) is 0 Å². The lowest BCUT2D eigenvalue weighted by Gasteiger charge is -2.24. The smallest absolute Gasteiger partial charge is 0.387 e. The Balaban J connectivity index is 1.97. The minimum absolute atomic E-state index is 0.0443. The number of anilines is 1. The summed E-state index contributed by atoms with van der Waals surface area (Å²) in [6.45, 7) is -3.89. The van der Waals surface area contributed by atoms with Gasteiger partial charge in [0.15, 0.2) is 0 Å². The second-order valence-electron chi connectivity index (χ2n) is 5.98. The zero-order chi connectivity index (χ0) is 20.7. The van der Waals surface area contributed by atoms with E-state index in [0.29, 0.717) is 6.54 Å². The second-order valence-corrected chi connectivity index (χ2v) is 5.98. The summed E-state index contributed by atoms with van der Waals surface area (Å²) in [5.41, 5.74) is 0.923. The van der Waals surface area contributed by atoms with Crippen molar-refractivity contribution in [1.82, 2.24) is 4.90 Å². The summed E-state index contributed by atoms with van der Waals surface area (Å²) in [6, 6.07) is 11.4. The molecule has 0 bridgehead atoms. The molecular formula is C19H20F4N2O3. The van der Waals surface area contributed by atoms with E-state index in [1.807, 2.05) is 0 Å². The number of hydrogen-bond acceptors (Lipinski definition) is 4. The van der Waals surface area contributed by atoms with Crippen molar-refractivity contribution >= 4 is 11.6 Å². The van der Waals surface area contributed by atoms with Crippen molar-refractivity contribution in [3.63, 3.8) is 0 Å². The number of likely N-dealkylation sites (N-methyl/N-ethyl adjacent to an activating group) is 1. The molecule has 0 heterocycles. The third-order valence-corrected chi connectivity index (χ3v) is 3.98. The number of nitrogens with zero attached hydrogens (tertiary/aromatic N) is 1. The number of ether oxygens (including phenoxy) is 2. The SMILES string of the molecule is CC(C(=O)Nc1ccccc1OC(F)F)N(C)Cc1ccc(OC(F)F)cc1. The monoisotopic (exact) mass is 400 g/mol. The van der Waals surface area contributed by atoms with E-state index in [9.17, 15) is 22.4 Å². The van der Waals surface area contributed by atoms with Gasteiger partial charge in [0.1, 0.15) is 11.5 Å². The summed E-state index contributed by atoms with van der Waals surface area (Å²) < 4.78 is 58.0. The van der Waals surface area contributed by atoms with Crippen molar-refractivity contribution in [1.29, 1.82) is 0 Å². The normalized spacial score (nSPS) is 12.3. The number of para-hydroxylation sites is 2. The zero-order valence-corrected chi connectivity index (χ0v) is 15.2. The molecule has 1 atom stereocenters. The first-order chi connectivity index (χ1) is 13.3. The van der Waals surface area contributed by atoms with Gasteiger partial charge in [0.2, 0.25) is 5.91 Å². The van der Waals surface area contributed by atoms with E-state index in [1.165, 1.54) is 30.3 Å². The van der Waals surface area contributed by atoms with Crippen LogP contribution in [0.25, 0.3) is 0 Å². The van der Waals surface area contributed by atoms with Gasteiger partial charge in [0, 0.05) is 6.54 Å². The molecule has 0 saturated carbocycles. The minimum atomic E-state index is -3.00. The quantitative estimate of drug-likeness (QED) is 0.636. The lowest BCUT2D eigenvalue weighted by atomic mass is 10.1. The minimum Gasteiger partial charge on any atom is -0.435 e. The van der Waals surface area contributed by atoms with Crippen LogP contribution in [0, 0.1) is 0 Å². The van der Waals surface area contributed by atoms with Crippen LogP contribution in [0.3, 0.4) is 0 Å². The molecule has 0 aliphatic heterocycles. The molecule has 0 spiro atoms. The maximum absolute atomic E-state index is 12.5. The Labute approximate surface area is 159 Å². The van der Waals surface area contributed by atoms with E-state index in [2.05, 4.69) is 14.8 Å². The van der Waals surface area contributed by atoms with Crippen molar-refractivity contribution < 1.29 is 31.8 Å². The Kier molecular flexibility index (Phi) is 7.62. The number of carbonyl (C=O) groups excluding carboxylic acids is 1. The average molecular weight is 400 g/mol. The van der Waals surface area contributed by atoms with Crippen molar-refractivity contribution in [3.8, 4) is 11.5 Å². The molecule has 9 heteroatoms. The van der Waals surface area contributed by atoms with Crippen molar-refractivity contribution in [3.05, 3.63) is 54.1 Å². The molecule has 0 fully saturated rings. The topological polar surface area (TPSA) is 50.8 Å². The van der Waals surface area contributed by atoms with Crippen LogP contribution >= 0.6 is 0 Å². The zero-order valence-electron chi connectivity index (χ0n) is 15.2. The number of benzene rings is 2. The maximum Gasteiger partial charge on any atom is 0.387 e. The van der Waals surface area contributed by atoms with Crippen LogP contribution in [0.2, 0.25) is 0 Å². The summed E-state index contributed by atoms with van der Waals surface area (Å²) in [5, 5.41) is 2.57. The summed E-state index contributed by atoms with van der Waals surface area (Å²) in [6.07, 6.45) is 0. The Bertz CT molecular complexity index is 772. The van der Waals surface area contributed by atoms with Gasteiger partial charge in [-0.05, 0) is 43.8 Å². The van der Waals surface area contributed by atoms with Gasteiger partial charge in [-0.3, -0.25) is 9.69 Å². The van der Waals surface area contributed by atoms with E-state index in [-0.39, 0.29) is 17.2 Å². The van der Waals surface area contributed by atoms with Crippen molar-refractivity contribution in [2.24, 2.45) is 0 Å². The number of hydrogen-bond donors (Lipinski definition) is 1. The number of carbonyl (C=O) groups is 1. The number of halogens is 4. The predicted molar refractivity (Wildman–Crippen MR) is 95.7 cm³/mol. The first-order valence-electron chi connectivity index (χ1n) is 8.35. The van der Waals surface area contributed by atoms with E-state index < -0.39 is 25.2 Å². The van der Waals surface area contributed by atoms with Crippen LogP contribution in [-0.2, 0) is 11.3 Å². The molecule has 5 nitrogen and oxygen atoms in total. The highest BCUT2D eigenvalue weighted by atomic mass is 19.3. The molecule has 2 aromatic carbocycles. The fourth-order valence-corrected chi connectivity index (χ4v) is 2.41. The Morgan fingerprint density at radius 2 is 1.61 bits per heavy atom. The van der Waals surface area contributed by atoms with E-state index >= 15 is 0 Å². The van der Waals surface area contributed by atoms with E-state index in [4.69, 9.17) is 0 Å². The van der Waals surface area contributed by atoms with Crippen molar-refractivity contribution in [2.45, 2.75) is 32.7 Å². The third kappa shape index (κ3) is 6.41. The number of rotatable bonds is 9. The van der Waals surface area contributed by atoms with Crippen LogP contribution in [0.5, 0.6) is 11.5 Å². The molecule has 0 radical (unpaired) electrons. The van der Waals surface area contributed by atoms with Gasteiger partial charge in [0.05, 0.1) is 11.7 Å². The van der Waals surface area contributed by atoms with Gasteiger partial charge in [-0.1, -0.05) is 24.3 Å². The first-order valence-corrected chi connectivity index (χ1v) is 8.35. The average Bonchev–Trinajstić information content (AvgIpc) is 2.63. The molecule has 0 aliphatic rings. The highest BCUT2D eigenvalue weighted by Crippen LogP contribution is 2.26.